The lowest BCUT2D eigenvalue weighted by molar-refractivity contribution is -0.129. The number of rotatable bonds is 3. The third kappa shape index (κ3) is 3.19. The van der Waals surface area contributed by atoms with E-state index in [-0.39, 0.29) is 5.91 Å². The lowest BCUT2D eigenvalue weighted by Crippen LogP contribution is -2.37. The zero-order valence-electron chi connectivity index (χ0n) is 11.1. The predicted octanol–water partition coefficient (Wildman–Crippen LogP) is 0.396. The number of likely N-dealkylation sites (tertiary alicyclic amines) is 2. The summed E-state index contributed by atoms with van der Waals surface area (Å²) < 4.78 is 0. The predicted molar refractivity (Wildman–Crippen MR) is 68.8 cm³/mol. The van der Waals surface area contributed by atoms with Crippen molar-refractivity contribution in [3.05, 3.63) is 0 Å². The standard InChI is InChI=1S/C13H25N3O/c1-14-9-13(17)16-8-5-12(10-16)11-3-6-15(2)7-4-11/h11-12,14H,3-10H2,1-2H3. The minimum absolute atomic E-state index is 0.267. The molecule has 1 unspecified atom stereocenters. The average Bonchev–Trinajstić information content (AvgIpc) is 2.80. The number of hydrogen-bond acceptors (Lipinski definition) is 3. The molecule has 0 aliphatic carbocycles. The first-order chi connectivity index (χ1) is 8.20. The van der Waals surface area contributed by atoms with Crippen LogP contribution in [-0.2, 0) is 4.79 Å². The van der Waals surface area contributed by atoms with Gasteiger partial charge in [-0.3, -0.25) is 4.79 Å². The Kier molecular flexibility index (Phi) is 4.40. The van der Waals surface area contributed by atoms with Crippen LogP contribution >= 0.6 is 0 Å². The second-order valence-electron chi connectivity index (χ2n) is 5.56. The molecule has 2 rings (SSSR count). The quantitative estimate of drug-likeness (QED) is 0.774. The minimum Gasteiger partial charge on any atom is -0.341 e. The van der Waals surface area contributed by atoms with E-state index in [2.05, 4.69) is 17.3 Å². The van der Waals surface area contributed by atoms with Crippen LogP contribution in [0, 0.1) is 11.8 Å². The normalized spacial score (nSPS) is 27.6. The zero-order chi connectivity index (χ0) is 12.3. The molecule has 2 aliphatic rings. The van der Waals surface area contributed by atoms with Crippen LogP contribution in [0.2, 0.25) is 0 Å². The molecule has 4 heteroatoms. The summed E-state index contributed by atoms with van der Waals surface area (Å²) in [6.45, 7) is 4.91. The van der Waals surface area contributed by atoms with Crippen molar-refractivity contribution in [1.29, 1.82) is 0 Å². The van der Waals surface area contributed by atoms with Gasteiger partial charge in [-0.25, -0.2) is 0 Å². The molecule has 0 aromatic rings. The third-order valence-corrected chi connectivity index (χ3v) is 4.34. The van der Waals surface area contributed by atoms with Crippen molar-refractivity contribution >= 4 is 5.91 Å². The van der Waals surface area contributed by atoms with Crippen LogP contribution in [0.15, 0.2) is 0 Å². The number of nitrogens with one attached hydrogen (secondary N) is 1. The number of likely N-dealkylation sites (N-methyl/N-ethyl adjacent to an activating group) is 1. The summed E-state index contributed by atoms with van der Waals surface area (Å²) in [5.41, 5.74) is 0. The van der Waals surface area contributed by atoms with E-state index in [4.69, 9.17) is 0 Å². The lowest BCUT2D eigenvalue weighted by Gasteiger charge is -2.32. The highest BCUT2D eigenvalue weighted by Gasteiger charge is 2.32. The summed E-state index contributed by atoms with van der Waals surface area (Å²) >= 11 is 0. The Balaban J connectivity index is 1.79. The van der Waals surface area contributed by atoms with Gasteiger partial charge < -0.3 is 15.1 Å². The maximum atomic E-state index is 11.8. The smallest absolute Gasteiger partial charge is 0.236 e. The van der Waals surface area contributed by atoms with E-state index in [1.54, 1.807) is 0 Å². The van der Waals surface area contributed by atoms with Gasteiger partial charge in [0.15, 0.2) is 0 Å². The minimum atomic E-state index is 0.267. The van der Waals surface area contributed by atoms with Crippen LogP contribution in [0.3, 0.4) is 0 Å². The summed E-state index contributed by atoms with van der Waals surface area (Å²) in [5, 5.41) is 2.95. The van der Waals surface area contributed by atoms with E-state index in [1.165, 1.54) is 32.4 Å². The van der Waals surface area contributed by atoms with Crippen molar-refractivity contribution in [2.24, 2.45) is 11.8 Å². The molecule has 2 fully saturated rings. The van der Waals surface area contributed by atoms with Crippen LogP contribution in [0.1, 0.15) is 19.3 Å². The molecule has 0 aromatic heterocycles. The number of amides is 1. The molecule has 0 aromatic carbocycles. The number of hydrogen-bond donors (Lipinski definition) is 1. The highest BCUT2D eigenvalue weighted by atomic mass is 16.2. The molecular formula is C13H25N3O. The first kappa shape index (κ1) is 12.8. The van der Waals surface area contributed by atoms with Crippen LogP contribution in [-0.4, -0.2) is 62.5 Å². The molecule has 1 N–H and O–H groups in total. The van der Waals surface area contributed by atoms with Gasteiger partial charge in [-0.15, -0.1) is 0 Å². The lowest BCUT2D eigenvalue weighted by atomic mass is 9.84. The van der Waals surface area contributed by atoms with Crippen LogP contribution < -0.4 is 5.32 Å². The highest BCUT2D eigenvalue weighted by molar-refractivity contribution is 5.78. The molecule has 2 heterocycles. The molecule has 2 aliphatic heterocycles. The maximum Gasteiger partial charge on any atom is 0.236 e. The van der Waals surface area contributed by atoms with E-state index < -0.39 is 0 Å². The van der Waals surface area contributed by atoms with Gasteiger partial charge in [-0.2, -0.15) is 0 Å². The Bertz CT molecular complexity index is 261. The number of nitrogens with zero attached hydrogens (tertiary/aromatic N) is 2. The monoisotopic (exact) mass is 239 g/mol. The number of carbonyl (C=O) groups excluding carboxylic acids is 1. The van der Waals surface area contributed by atoms with Gasteiger partial charge in [0.2, 0.25) is 5.91 Å². The van der Waals surface area contributed by atoms with Crippen molar-refractivity contribution < 1.29 is 4.79 Å². The Morgan fingerprint density at radius 1 is 1.18 bits per heavy atom. The van der Waals surface area contributed by atoms with E-state index in [0.29, 0.717) is 6.54 Å². The summed E-state index contributed by atoms with van der Waals surface area (Å²) in [4.78, 5) is 16.2. The van der Waals surface area contributed by atoms with E-state index in [9.17, 15) is 4.79 Å². The maximum absolute atomic E-state index is 11.8. The van der Waals surface area contributed by atoms with Gasteiger partial charge in [0.1, 0.15) is 0 Å². The first-order valence-electron chi connectivity index (χ1n) is 6.81. The molecule has 0 radical (unpaired) electrons. The fourth-order valence-electron chi connectivity index (χ4n) is 3.16. The Hall–Kier alpha value is -0.610. The van der Waals surface area contributed by atoms with Crippen molar-refractivity contribution in [3.8, 4) is 0 Å². The zero-order valence-corrected chi connectivity index (χ0v) is 11.1. The topological polar surface area (TPSA) is 35.6 Å². The molecule has 2 saturated heterocycles. The van der Waals surface area contributed by atoms with Crippen molar-refractivity contribution in [1.82, 2.24) is 15.1 Å². The summed E-state index contributed by atoms with van der Waals surface area (Å²) in [7, 11) is 4.04. The third-order valence-electron chi connectivity index (χ3n) is 4.34. The highest BCUT2D eigenvalue weighted by Crippen LogP contribution is 2.31. The van der Waals surface area contributed by atoms with Crippen molar-refractivity contribution in [3.63, 3.8) is 0 Å². The fraction of sp³-hybridized carbons (Fsp3) is 0.923. The molecule has 0 bridgehead atoms. The van der Waals surface area contributed by atoms with Gasteiger partial charge in [-0.1, -0.05) is 0 Å². The van der Waals surface area contributed by atoms with Crippen molar-refractivity contribution in [2.75, 3.05) is 46.8 Å². The van der Waals surface area contributed by atoms with Gasteiger partial charge in [0.05, 0.1) is 6.54 Å². The van der Waals surface area contributed by atoms with E-state index in [0.717, 1.165) is 24.9 Å². The summed E-state index contributed by atoms with van der Waals surface area (Å²) in [6.07, 6.45) is 3.84. The summed E-state index contributed by atoms with van der Waals surface area (Å²) in [6, 6.07) is 0. The molecule has 0 saturated carbocycles. The van der Waals surface area contributed by atoms with Gasteiger partial charge >= 0.3 is 0 Å². The van der Waals surface area contributed by atoms with Crippen LogP contribution in [0.4, 0.5) is 0 Å². The van der Waals surface area contributed by atoms with Gasteiger partial charge in [0, 0.05) is 13.1 Å². The van der Waals surface area contributed by atoms with Gasteiger partial charge in [0.25, 0.3) is 0 Å². The Morgan fingerprint density at radius 3 is 2.47 bits per heavy atom. The van der Waals surface area contributed by atoms with E-state index in [1.807, 2.05) is 11.9 Å². The molecule has 0 spiro atoms. The second kappa shape index (κ2) is 5.83. The summed E-state index contributed by atoms with van der Waals surface area (Å²) in [5.74, 6) is 1.87. The molecule has 4 nitrogen and oxygen atoms in total. The fourth-order valence-corrected chi connectivity index (χ4v) is 3.16. The van der Waals surface area contributed by atoms with E-state index >= 15 is 0 Å². The van der Waals surface area contributed by atoms with Gasteiger partial charge in [-0.05, 0) is 58.3 Å². The largest absolute Gasteiger partial charge is 0.341 e. The number of piperidine rings is 1. The molecule has 1 atom stereocenters. The van der Waals surface area contributed by atoms with Crippen LogP contribution in [0.25, 0.3) is 0 Å². The Morgan fingerprint density at radius 2 is 1.82 bits per heavy atom. The molecule has 98 valence electrons. The second-order valence-corrected chi connectivity index (χ2v) is 5.56. The Labute approximate surface area is 104 Å². The SMILES string of the molecule is CNCC(=O)N1CCC(C2CCN(C)CC2)C1. The average molecular weight is 239 g/mol. The molecule has 17 heavy (non-hydrogen) atoms. The number of carbonyl (C=O) groups is 1. The molecule has 1 amide bonds. The van der Waals surface area contributed by atoms with Crippen LogP contribution in [0.5, 0.6) is 0 Å². The van der Waals surface area contributed by atoms with Crippen molar-refractivity contribution in [2.45, 2.75) is 19.3 Å². The molecular weight excluding hydrogens is 214 g/mol. The first-order valence-corrected chi connectivity index (χ1v) is 6.81.